The zero-order valence-electron chi connectivity index (χ0n) is 22.0. The number of primary amides is 1. The van der Waals surface area contributed by atoms with Gasteiger partial charge in [-0.25, -0.2) is 0 Å². The van der Waals surface area contributed by atoms with Gasteiger partial charge in [0.15, 0.2) is 18.0 Å². The molecule has 1 aromatic heterocycles. The van der Waals surface area contributed by atoms with Gasteiger partial charge in [0.1, 0.15) is 0 Å². The van der Waals surface area contributed by atoms with Gasteiger partial charge in [-0.2, -0.15) is 0 Å². The summed E-state index contributed by atoms with van der Waals surface area (Å²) in [5.41, 5.74) is 9.21. The molecular formula is C30H32N4O5. The van der Waals surface area contributed by atoms with Gasteiger partial charge in [0.2, 0.25) is 0 Å². The van der Waals surface area contributed by atoms with E-state index in [0.29, 0.717) is 17.7 Å². The van der Waals surface area contributed by atoms with Gasteiger partial charge in [0.05, 0.1) is 11.6 Å². The third-order valence-electron chi connectivity index (χ3n) is 7.14. The van der Waals surface area contributed by atoms with Crippen molar-refractivity contribution >= 4 is 17.7 Å². The predicted molar refractivity (Wildman–Crippen MR) is 144 cm³/mol. The molecule has 2 aromatic carbocycles. The summed E-state index contributed by atoms with van der Waals surface area (Å²) in [4.78, 5) is 44.4. The quantitative estimate of drug-likeness (QED) is 0.485. The molecule has 9 heteroatoms. The molecule has 0 spiro atoms. The Morgan fingerprint density at radius 3 is 2.46 bits per heavy atom. The lowest BCUT2D eigenvalue weighted by atomic mass is 10.00. The summed E-state index contributed by atoms with van der Waals surface area (Å²) in [7, 11) is 0. The molecule has 3 heterocycles. The Bertz CT molecular complexity index is 1360. The molecule has 2 unspecified atom stereocenters. The summed E-state index contributed by atoms with van der Waals surface area (Å²) in [5, 5.41) is 2.89. The molecule has 3 atom stereocenters. The fourth-order valence-electron chi connectivity index (χ4n) is 5.28. The van der Waals surface area contributed by atoms with E-state index in [9.17, 15) is 14.4 Å². The highest BCUT2D eigenvalue weighted by atomic mass is 16.8. The normalized spacial score (nSPS) is 22.0. The van der Waals surface area contributed by atoms with Gasteiger partial charge < -0.3 is 25.4 Å². The van der Waals surface area contributed by atoms with Gasteiger partial charge in [-0.05, 0) is 55.0 Å². The van der Waals surface area contributed by atoms with E-state index < -0.39 is 29.8 Å². The van der Waals surface area contributed by atoms with Crippen LogP contribution in [0.1, 0.15) is 54.2 Å². The molecule has 0 radical (unpaired) electrons. The molecule has 2 aliphatic rings. The number of amides is 3. The largest absolute Gasteiger partial charge is 0.366 e. The topological polar surface area (TPSA) is 124 Å². The summed E-state index contributed by atoms with van der Waals surface area (Å²) in [5.74, 6) is -2.28. The molecule has 3 aromatic rings. The smallest absolute Gasteiger partial charge is 0.255 e. The minimum Gasteiger partial charge on any atom is -0.366 e. The van der Waals surface area contributed by atoms with Gasteiger partial charge in [-0.3, -0.25) is 19.4 Å². The molecule has 0 saturated carbocycles. The van der Waals surface area contributed by atoms with E-state index in [1.807, 2.05) is 59.5 Å². The number of hydrogen-bond donors (Lipinski definition) is 2. The number of likely N-dealkylation sites (tertiary alicyclic amines) is 1. The maximum Gasteiger partial charge on any atom is 0.255 e. The average Bonchev–Trinajstić information content (AvgIpc) is 3.56. The van der Waals surface area contributed by atoms with E-state index in [1.54, 1.807) is 26.1 Å². The van der Waals surface area contributed by atoms with Crippen LogP contribution in [0.3, 0.4) is 0 Å². The molecule has 9 nitrogen and oxygen atoms in total. The Kier molecular flexibility index (Phi) is 7.45. The first-order valence-electron chi connectivity index (χ1n) is 13.1. The second-order valence-corrected chi connectivity index (χ2v) is 10.3. The molecule has 5 rings (SSSR count). The molecule has 3 amide bonds. The fraction of sp³-hybridized carbons (Fsp3) is 0.333. The van der Waals surface area contributed by atoms with E-state index in [0.717, 1.165) is 29.5 Å². The standard InChI is InChI=1S/C30H32N4O5/c1-30(2)38-25(26(39-30)29(37)34-16-6-9-24(34)21-7-4-3-5-8-21)28(36)33-17-19-10-12-20(13-11-19)22-14-15-32-18-23(22)27(31)35/h3-5,7-8,10-15,18,24-26H,6,9,16-17H2,1-2H3,(H2,31,35)(H,33,36)/t24?,25?,26-/m1/s1. The molecule has 3 N–H and O–H groups in total. The number of nitrogens with two attached hydrogens (primary N) is 1. The van der Waals surface area contributed by atoms with Crippen molar-refractivity contribution in [3.63, 3.8) is 0 Å². The SMILES string of the molecule is CC1(C)OC(C(=O)NCc2ccc(-c3ccncc3C(N)=O)cc2)[C@H](C(=O)N2CCCC2c2ccccc2)O1. The summed E-state index contributed by atoms with van der Waals surface area (Å²) in [6.07, 6.45) is 2.68. The minimum atomic E-state index is -1.07. The van der Waals surface area contributed by atoms with E-state index in [1.165, 1.54) is 6.20 Å². The van der Waals surface area contributed by atoms with Crippen molar-refractivity contribution in [2.75, 3.05) is 6.54 Å². The van der Waals surface area contributed by atoms with Gasteiger partial charge in [0.25, 0.3) is 17.7 Å². The van der Waals surface area contributed by atoms with Gasteiger partial charge in [-0.15, -0.1) is 0 Å². The minimum absolute atomic E-state index is 0.0521. The second-order valence-electron chi connectivity index (χ2n) is 10.3. The number of rotatable bonds is 7. The van der Waals surface area contributed by atoms with Crippen molar-refractivity contribution in [2.45, 2.75) is 57.3 Å². The summed E-state index contributed by atoms with van der Waals surface area (Å²) >= 11 is 0. The number of carbonyl (C=O) groups is 3. The molecule has 39 heavy (non-hydrogen) atoms. The van der Waals surface area contributed by atoms with Crippen LogP contribution in [0.5, 0.6) is 0 Å². The van der Waals surface area contributed by atoms with Crippen LogP contribution in [0.2, 0.25) is 0 Å². The fourth-order valence-corrected chi connectivity index (χ4v) is 5.28. The number of ether oxygens (including phenoxy) is 2. The Morgan fingerprint density at radius 1 is 1.03 bits per heavy atom. The van der Waals surface area contributed by atoms with E-state index in [4.69, 9.17) is 15.2 Å². The van der Waals surface area contributed by atoms with E-state index >= 15 is 0 Å². The van der Waals surface area contributed by atoms with Gasteiger partial charge >= 0.3 is 0 Å². The number of aromatic nitrogens is 1. The highest BCUT2D eigenvalue weighted by molar-refractivity contribution is 5.99. The highest BCUT2D eigenvalue weighted by Crippen LogP contribution is 2.36. The number of pyridine rings is 1. The Hall–Kier alpha value is -4.08. The van der Waals surface area contributed by atoms with Crippen molar-refractivity contribution in [1.29, 1.82) is 0 Å². The van der Waals surface area contributed by atoms with Crippen molar-refractivity contribution in [2.24, 2.45) is 5.73 Å². The summed E-state index contributed by atoms with van der Waals surface area (Å²) in [6, 6.07) is 19.0. The monoisotopic (exact) mass is 528 g/mol. The lowest BCUT2D eigenvalue weighted by Crippen LogP contribution is -2.49. The number of nitrogens with zero attached hydrogens (tertiary/aromatic N) is 2. The lowest BCUT2D eigenvalue weighted by Gasteiger charge is -2.28. The van der Waals surface area contributed by atoms with Crippen LogP contribution in [0.15, 0.2) is 73.1 Å². The van der Waals surface area contributed by atoms with Crippen LogP contribution in [-0.2, 0) is 25.6 Å². The molecule has 0 aliphatic carbocycles. The van der Waals surface area contributed by atoms with Gasteiger partial charge in [0, 0.05) is 25.5 Å². The summed E-state index contributed by atoms with van der Waals surface area (Å²) < 4.78 is 11.9. The molecule has 2 fully saturated rings. The molecule has 202 valence electrons. The zero-order valence-corrected chi connectivity index (χ0v) is 22.0. The van der Waals surface area contributed by atoms with Gasteiger partial charge in [-0.1, -0.05) is 54.6 Å². The van der Waals surface area contributed by atoms with E-state index in [-0.39, 0.29) is 18.5 Å². The molecule has 0 bridgehead atoms. The van der Waals surface area contributed by atoms with Crippen LogP contribution >= 0.6 is 0 Å². The van der Waals surface area contributed by atoms with Crippen LogP contribution in [0.25, 0.3) is 11.1 Å². The lowest BCUT2D eigenvalue weighted by molar-refractivity contribution is -0.163. The number of benzene rings is 2. The number of hydrogen-bond acceptors (Lipinski definition) is 6. The first kappa shape index (κ1) is 26.5. The zero-order chi connectivity index (χ0) is 27.6. The van der Waals surface area contributed by atoms with Crippen LogP contribution in [0.4, 0.5) is 0 Å². The summed E-state index contributed by atoms with van der Waals surface area (Å²) in [6.45, 7) is 4.25. The van der Waals surface area contributed by atoms with E-state index in [2.05, 4.69) is 10.3 Å². The Morgan fingerprint density at radius 2 is 1.74 bits per heavy atom. The van der Waals surface area contributed by atoms with Crippen molar-refractivity contribution < 1.29 is 23.9 Å². The first-order valence-corrected chi connectivity index (χ1v) is 13.1. The van der Waals surface area contributed by atoms with Crippen molar-refractivity contribution in [1.82, 2.24) is 15.2 Å². The van der Waals surface area contributed by atoms with Crippen molar-refractivity contribution in [3.8, 4) is 11.1 Å². The Labute approximate surface area is 227 Å². The van der Waals surface area contributed by atoms with Crippen LogP contribution in [-0.4, -0.2) is 52.1 Å². The van der Waals surface area contributed by atoms with Crippen LogP contribution in [0, 0.1) is 0 Å². The number of carbonyl (C=O) groups excluding carboxylic acids is 3. The average molecular weight is 529 g/mol. The van der Waals surface area contributed by atoms with Crippen LogP contribution < -0.4 is 11.1 Å². The van der Waals surface area contributed by atoms with Crippen molar-refractivity contribution in [3.05, 3.63) is 89.7 Å². The predicted octanol–water partition coefficient (Wildman–Crippen LogP) is 3.35. The molecule has 2 aliphatic heterocycles. The molecular weight excluding hydrogens is 496 g/mol. The maximum atomic E-state index is 13.7. The number of nitrogens with one attached hydrogen (secondary N) is 1. The molecule has 2 saturated heterocycles. The second kappa shape index (κ2) is 11.0. The third kappa shape index (κ3) is 5.69. The first-order chi connectivity index (χ1) is 18.7. The maximum absolute atomic E-state index is 13.7. The highest BCUT2D eigenvalue weighted by Gasteiger charge is 2.51. The Balaban J connectivity index is 1.26. The third-order valence-corrected chi connectivity index (χ3v) is 7.14.